The van der Waals surface area contributed by atoms with Crippen LogP contribution in [0, 0.1) is 5.92 Å². The zero-order valence-electron chi connectivity index (χ0n) is 16.7. The Hall–Kier alpha value is -3.13. The third-order valence-electron chi connectivity index (χ3n) is 5.98. The van der Waals surface area contributed by atoms with Crippen molar-refractivity contribution in [3.05, 3.63) is 53.8 Å². The van der Waals surface area contributed by atoms with Gasteiger partial charge in [-0.1, -0.05) is 11.6 Å². The zero-order chi connectivity index (χ0) is 21.4. The van der Waals surface area contributed by atoms with Gasteiger partial charge in [0.05, 0.1) is 17.7 Å². The van der Waals surface area contributed by atoms with E-state index in [2.05, 4.69) is 10.2 Å². The molecule has 31 heavy (non-hydrogen) atoms. The predicted molar refractivity (Wildman–Crippen MR) is 112 cm³/mol. The normalized spacial score (nSPS) is 19.9. The van der Waals surface area contributed by atoms with Crippen LogP contribution in [-0.4, -0.2) is 46.5 Å². The number of anilines is 1. The Kier molecular flexibility index (Phi) is 5.23. The second-order valence-corrected chi connectivity index (χ2v) is 8.38. The maximum atomic E-state index is 13.0. The Bertz CT molecular complexity index is 1070. The minimum atomic E-state index is -0.323. The van der Waals surface area contributed by atoms with Crippen LogP contribution in [0.4, 0.5) is 5.69 Å². The highest BCUT2D eigenvalue weighted by atomic mass is 35.5. The molecule has 2 aliphatic rings. The third-order valence-corrected chi connectivity index (χ3v) is 6.23. The summed E-state index contributed by atoms with van der Waals surface area (Å²) in [6, 6.07) is 8.88. The van der Waals surface area contributed by atoms with Gasteiger partial charge in [0.1, 0.15) is 6.26 Å². The second kappa shape index (κ2) is 8.19. The number of hydrogen-bond acceptors (Lipinski definition) is 6. The van der Waals surface area contributed by atoms with Gasteiger partial charge in [-0.25, -0.2) is 0 Å². The van der Waals surface area contributed by atoms with Crippen LogP contribution < -0.4 is 4.90 Å². The Morgan fingerprint density at radius 1 is 1.10 bits per heavy atom. The minimum Gasteiger partial charge on any atom is -0.472 e. The SMILES string of the molecule is O=C(C1CC(=O)N(c2ccc(Cl)cc2)C1)N1CCC(c2nnc(-c3ccoc3)o2)CC1. The highest BCUT2D eigenvalue weighted by molar-refractivity contribution is 6.30. The average Bonchev–Trinajstić information content (AvgIpc) is 3.55. The largest absolute Gasteiger partial charge is 0.472 e. The Labute approximate surface area is 183 Å². The van der Waals surface area contributed by atoms with Crippen LogP contribution in [0.25, 0.3) is 11.5 Å². The zero-order valence-corrected chi connectivity index (χ0v) is 17.5. The van der Waals surface area contributed by atoms with E-state index in [0.717, 1.165) is 24.1 Å². The quantitative estimate of drug-likeness (QED) is 0.613. The lowest BCUT2D eigenvalue weighted by molar-refractivity contribution is -0.136. The van der Waals surface area contributed by atoms with Gasteiger partial charge >= 0.3 is 0 Å². The van der Waals surface area contributed by atoms with E-state index in [4.69, 9.17) is 20.4 Å². The molecule has 2 amide bonds. The van der Waals surface area contributed by atoms with Crippen molar-refractivity contribution in [1.82, 2.24) is 15.1 Å². The molecule has 0 radical (unpaired) electrons. The molecular formula is C22H21ClN4O4. The van der Waals surface area contributed by atoms with Crippen molar-refractivity contribution < 1.29 is 18.4 Å². The minimum absolute atomic E-state index is 0.0341. The van der Waals surface area contributed by atoms with E-state index in [1.54, 1.807) is 47.8 Å². The molecule has 0 saturated carbocycles. The molecular weight excluding hydrogens is 420 g/mol. The average molecular weight is 441 g/mol. The van der Waals surface area contributed by atoms with E-state index in [9.17, 15) is 9.59 Å². The number of carbonyl (C=O) groups excluding carboxylic acids is 2. The van der Waals surface area contributed by atoms with Crippen molar-refractivity contribution in [2.45, 2.75) is 25.2 Å². The first-order chi connectivity index (χ1) is 15.1. The Morgan fingerprint density at radius 2 is 1.87 bits per heavy atom. The first-order valence-electron chi connectivity index (χ1n) is 10.3. The number of amides is 2. The number of furan rings is 1. The molecule has 4 heterocycles. The van der Waals surface area contributed by atoms with Crippen molar-refractivity contribution in [3.8, 4) is 11.5 Å². The lowest BCUT2D eigenvalue weighted by Crippen LogP contribution is -2.42. The summed E-state index contributed by atoms with van der Waals surface area (Å²) in [7, 11) is 0. The number of carbonyl (C=O) groups is 2. The van der Waals surface area contributed by atoms with Gasteiger partial charge in [-0.05, 0) is 43.2 Å². The first kappa shape index (κ1) is 19.8. The van der Waals surface area contributed by atoms with Crippen LogP contribution >= 0.6 is 11.6 Å². The lowest BCUT2D eigenvalue weighted by atomic mass is 9.95. The van der Waals surface area contributed by atoms with Crippen molar-refractivity contribution in [3.63, 3.8) is 0 Å². The van der Waals surface area contributed by atoms with Gasteiger partial charge in [-0.15, -0.1) is 10.2 Å². The number of piperidine rings is 1. The summed E-state index contributed by atoms with van der Waals surface area (Å²) in [6.45, 7) is 1.62. The number of likely N-dealkylation sites (tertiary alicyclic amines) is 1. The fraction of sp³-hybridized carbons (Fsp3) is 0.364. The highest BCUT2D eigenvalue weighted by Gasteiger charge is 2.38. The van der Waals surface area contributed by atoms with Crippen LogP contribution in [0.3, 0.4) is 0 Å². The molecule has 2 saturated heterocycles. The van der Waals surface area contributed by atoms with Gasteiger partial charge in [-0.3, -0.25) is 9.59 Å². The van der Waals surface area contributed by atoms with E-state index >= 15 is 0 Å². The van der Waals surface area contributed by atoms with Gasteiger partial charge in [0.25, 0.3) is 5.89 Å². The van der Waals surface area contributed by atoms with Crippen molar-refractivity contribution in [2.24, 2.45) is 5.92 Å². The summed E-state index contributed by atoms with van der Waals surface area (Å²) in [5.41, 5.74) is 1.52. The fourth-order valence-corrected chi connectivity index (χ4v) is 4.38. The van der Waals surface area contributed by atoms with Gasteiger partial charge < -0.3 is 18.6 Å². The fourth-order valence-electron chi connectivity index (χ4n) is 4.25. The molecule has 0 N–H and O–H groups in total. The van der Waals surface area contributed by atoms with Gasteiger partial charge in [0.15, 0.2) is 0 Å². The smallest absolute Gasteiger partial charge is 0.250 e. The van der Waals surface area contributed by atoms with Crippen LogP contribution in [0.2, 0.25) is 5.02 Å². The number of hydrogen-bond donors (Lipinski definition) is 0. The summed E-state index contributed by atoms with van der Waals surface area (Å²) in [5.74, 6) is 0.826. The number of aromatic nitrogens is 2. The monoisotopic (exact) mass is 440 g/mol. The summed E-state index contributed by atoms with van der Waals surface area (Å²) in [6.07, 6.45) is 4.86. The second-order valence-electron chi connectivity index (χ2n) is 7.94. The standard InChI is InChI=1S/C22H21ClN4O4/c23-17-1-3-18(4-2-17)27-12-16(11-19(27)28)22(29)26-8-5-14(6-9-26)20-24-25-21(31-20)15-7-10-30-13-15/h1-4,7,10,13-14,16H,5-6,8-9,11-12H2. The maximum absolute atomic E-state index is 13.0. The summed E-state index contributed by atoms with van der Waals surface area (Å²) >= 11 is 5.94. The van der Waals surface area contributed by atoms with E-state index in [1.807, 2.05) is 4.90 Å². The Balaban J connectivity index is 1.19. The molecule has 8 nitrogen and oxygen atoms in total. The van der Waals surface area contributed by atoms with Gasteiger partial charge in [-0.2, -0.15) is 0 Å². The molecule has 2 fully saturated rings. The van der Waals surface area contributed by atoms with Crippen LogP contribution in [0.5, 0.6) is 0 Å². The first-order valence-corrected chi connectivity index (χ1v) is 10.7. The van der Waals surface area contributed by atoms with E-state index in [1.165, 1.54) is 0 Å². The molecule has 5 rings (SSSR count). The number of rotatable bonds is 4. The number of benzene rings is 1. The molecule has 0 bridgehead atoms. The Morgan fingerprint density at radius 3 is 2.58 bits per heavy atom. The molecule has 0 aliphatic carbocycles. The lowest BCUT2D eigenvalue weighted by Gasteiger charge is -2.32. The van der Waals surface area contributed by atoms with Crippen LogP contribution in [0.15, 0.2) is 51.7 Å². The van der Waals surface area contributed by atoms with Crippen molar-refractivity contribution in [2.75, 3.05) is 24.5 Å². The molecule has 2 aliphatic heterocycles. The molecule has 1 atom stereocenters. The topological polar surface area (TPSA) is 92.7 Å². The molecule has 1 aromatic carbocycles. The number of nitrogens with zero attached hydrogens (tertiary/aromatic N) is 4. The molecule has 3 aromatic rings. The maximum Gasteiger partial charge on any atom is 0.250 e. The highest BCUT2D eigenvalue weighted by Crippen LogP contribution is 2.32. The van der Waals surface area contributed by atoms with E-state index in [-0.39, 0.29) is 30.1 Å². The summed E-state index contributed by atoms with van der Waals surface area (Å²) in [5, 5.41) is 8.89. The summed E-state index contributed by atoms with van der Waals surface area (Å²) in [4.78, 5) is 29.0. The van der Waals surface area contributed by atoms with Crippen LogP contribution in [0.1, 0.15) is 31.1 Å². The van der Waals surface area contributed by atoms with E-state index < -0.39 is 0 Å². The third kappa shape index (κ3) is 3.95. The molecule has 9 heteroatoms. The molecule has 1 unspecified atom stereocenters. The van der Waals surface area contributed by atoms with Gasteiger partial charge in [0.2, 0.25) is 17.7 Å². The van der Waals surface area contributed by atoms with E-state index in [0.29, 0.717) is 36.4 Å². The summed E-state index contributed by atoms with van der Waals surface area (Å²) < 4.78 is 10.9. The predicted octanol–water partition coefficient (Wildman–Crippen LogP) is 3.74. The van der Waals surface area contributed by atoms with Crippen molar-refractivity contribution >= 4 is 29.1 Å². The van der Waals surface area contributed by atoms with Gasteiger partial charge in [0, 0.05) is 42.7 Å². The van der Waals surface area contributed by atoms with Crippen molar-refractivity contribution in [1.29, 1.82) is 0 Å². The molecule has 2 aromatic heterocycles. The molecule has 0 spiro atoms. The number of halogens is 1. The van der Waals surface area contributed by atoms with Crippen LogP contribution in [-0.2, 0) is 9.59 Å². The molecule has 160 valence electrons.